The van der Waals surface area contributed by atoms with Crippen LogP contribution >= 0.6 is 0 Å². The van der Waals surface area contributed by atoms with E-state index in [-0.39, 0.29) is 6.09 Å². The second kappa shape index (κ2) is 10.1. The molecule has 1 amide bonds. The predicted octanol–water partition coefficient (Wildman–Crippen LogP) is 4.00. The van der Waals surface area contributed by atoms with Crippen LogP contribution in [0, 0.1) is 0 Å². The number of H-pyrrole nitrogens is 1. The summed E-state index contributed by atoms with van der Waals surface area (Å²) in [6.07, 6.45) is 8.43. The van der Waals surface area contributed by atoms with Crippen LogP contribution in [0.5, 0.6) is 0 Å². The lowest BCUT2D eigenvalue weighted by molar-refractivity contribution is 0.0661. The Kier molecular flexibility index (Phi) is 7.05. The number of nitrogens with zero attached hydrogens (tertiary/aromatic N) is 3. The molecule has 2 aliphatic heterocycles. The van der Waals surface area contributed by atoms with Crippen molar-refractivity contribution in [1.82, 2.24) is 20.0 Å². The lowest BCUT2D eigenvalue weighted by Gasteiger charge is -2.41. The van der Waals surface area contributed by atoms with Crippen LogP contribution in [0.25, 0.3) is 0 Å². The molecule has 2 fully saturated rings. The van der Waals surface area contributed by atoms with Crippen molar-refractivity contribution in [2.45, 2.75) is 57.4 Å². The average molecular weight is 411 g/mol. The number of nitrogens with one attached hydrogen (secondary N) is 1. The van der Waals surface area contributed by atoms with Gasteiger partial charge in [0, 0.05) is 30.7 Å². The maximum atomic E-state index is 11.9. The zero-order chi connectivity index (χ0) is 20.8. The van der Waals surface area contributed by atoms with Crippen molar-refractivity contribution in [3.8, 4) is 0 Å². The van der Waals surface area contributed by atoms with Gasteiger partial charge in [-0.3, -0.25) is 5.10 Å². The van der Waals surface area contributed by atoms with Crippen molar-refractivity contribution in [3.63, 3.8) is 0 Å². The summed E-state index contributed by atoms with van der Waals surface area (Å²) in [6.45, 7) is 6.20. The zero-order valence-corrected chi connectivity index (χ0v) is 18.1. The number of ether oxygens (including phenoxy) is 1. The molecule has 0 bridgehead atoms. The Morgan fingerprint density at radius 3 is 2.50 bits per heavy atom. The number of hydrogen-bond acceptors (Lipinski definition) is 4. The Balaban J connectivity index is 1.25. The van der Waals surface area contributed by atoms with Crippen molar-refractivity contribution in [2.75, 3.05) is 32.8 Å². The molecule has 30 heavy (non-hydrogen) atoms. The van der Waals surface area contributed by atoms with Crippen molar-refractivity contribution in [2.24, 2.45) is 0 Å². The molecule has 2 aliphatic rings. The molecule has 0 unspecified atom stereocenters. The van der Waals surface area contributed by atoms with E-state index in [1.54, 1.807) is 0 Å². The van der Waals surface area contributed by atoms with Gasteiger partial charge in [-0.05, 0) is 69.7 Å². The normalized spacial score (nSPS) is 19.2. The van der Waals surface area contributed by atoms with Gasteiger partial charge >= 0.3 is 6.09 Å². The standard InChI is InChI=1S/C24H34N4O2/c1-2-30-24(29)28-16-12-22(13-17-28)27-14-10-20(11-15-27)23-21(18-25-26-23)9-8-19-6-4-3-5-7-19/h3-7,18,20,22H,2,8-17H2,1H3,(H,25,26). The fourth-order valence-electron chi connectivity index (χ4n) is 4.98. The molecule has 3 heterocycles. The molecular weight excluding hydrogens is 376 g/mol. The van der Waals surface area contributed by atoms with E-state index in [0.717, 1.165) is 51.9 Å². The molecule has 0 radical (unpaired) electrons. The number of carbonyl (C=O) groups is 1. The molecule has 0 spiro atoms. The highest BCUT2D eigenvalue weighted by molar-refractivity contribution is 5.67. The molecular formula is C24H34N4O2. The first kappa shape index (κ1) is 20.9. The van der Waals surface area contributed by atoms with Crippen LogP contribution in [0.2, 0.25) is 0 Å². The van der Waals surface area contributed by atoms with Gasteiger partial charge in [0.25, 0.3) is 0 Å². The monoisotopic (exact) mass is 410 g/mol. The maximum absolute atomic E-state index is 11.9. The average Bonchev–Trinajstić information content (AvgIpc) is 3.27. The molecule has 6 nitrogen and oxygen atoms in total. The summed E-state index contributed by atoms with van der Waals surface area (Å²) < 4.78 is 5.14. The lowest BCUT2D eigenvalue weighted by atomic mass is 9.88. The smallest absolute Gasteiger partial charge is 0.409 e. The number of piperidine rings is 2. The van der Waals surface area contributed by atoms with Crippen LogP contribution < -0.4 is 0 Å². The second-order valence-electron chi connectivity index (χ2n) is 8.52. The predicted molar refractivity (Wildman–Crippen MR) is 118 cm³/mol. The van der Waals surface area contributed by atoms with E-state index in [1.807, 2.05) is 18.0 Å². The van der Waals surface area contributed by atoms with Crippen molar-refractivity contribution in [3.05, 3.63) is 53.3 Å². The Bertz CT molecular complexity index is 791. The van der Waals surface area contributed by atoms with E-state index in [0.29, 0.717) is 18.6 Å². The van der Waals surface area contributed by atoms with Gasteiger partial charge in [-0.1, -0.05) is 30.3 Å². The molecule has 162 valence electrons. The number of carbonyl (C=O) groups excluding carboxylic acids is 1. The van der Waals surface area contributed by atoms with Gasteiger partial charge in [0.05, 0.1) is 12.8 Å². The van der Waals surface area contributed by atoms with Gasteiger partial charge in [-0.2, -0.15) is 5.10 Å². The third-order valence-corrected chi connectivity index (χ3v) is 6.72. The molecule has 0 aliphatic carbocycles. The van der Waals surface area contributed by atoms with E-state index in [2.05, 4.69) is 45.4 Å². The molecule has 1 aromatic carbocycles. The minimum atomic E-state index is -0.156. The summed E-state index contributed by atoms with van der Waals surface area (Å²) in [5.41, 5.74) is 4.11. The first-order valence-corrected chi connectivity index (χ1v) is 11.5. The summed E-state index contributed by atoms with van der Waals surface area (Å²) in [7, 11) is 0. The summed E-state index contributed by atoms with van der Waals surface area (Å²) in [6, 6.07) is 11.3. The fraction of sp³-hybridized carbons (Fsp3) is 0.583. The van der Waals surface area contributed by atoms with Gasteiger partial charge < -0.3 is 14.5 Å². The summed E-state index contributed by atoms with van der Waals surface area (Å²) in [5.74, 6) is 0.578. The first-order chi connectivity index (χ1) is 14.7. The van der Waals surface area contributed by atoms with E-state index >= 15 is 0 Å². The van der Waals surface area contributed by atoms with E-state index in [4.69, 9.17) is 4.74 Å². The van der Waals surface area contributed by atoms with Gasteiger partial charge in [0.1, 0.15) is 0 Å². The van der Waals surface area contributed by atoms with Gasteiger partial charge in [0.2, 0.25) is 0 Å². The SMILES string of the molecule is CCOC(=O)N1CCC(N2CCC(c3[nH]ncc3CCc3ccccc3)CC2)CC1. The lowest BCUT2D eigenvalue weighted by Crippen LogP contribution is -2.49. The Morgan fingerprint density at radius 1 is 1.07 bits per heavy atom. The molecule has 2 aromatic rings. The maximum Gasteiger partial charge on any atom is 0.409 e. The minimum Gasteiger partial charge on any atom is -0.450 e. The van der Waals surface area contributed by atoms with Gasteiger partial charge in [-0.15, -0.1) is 0 Å². The van der Waals surface area contributed by atoms with Crippen LogP contribution in [-0.2, 0) is 17.6 Å². The quantitative estimate of drug-likeness (QED) is 0.782. The third-order valence-electron chi connectivity index (χ3n) is 6.72. The molecule has 0 atom stereocenters. The van der Waals surface area contributed by atoms with E-state index < -0.39 is 0 Å². The number of amides is 1. The highest BCUT2D eigenvalue weighted by Crippen LogP contribution is 2.31. The van der Waals surface area contributed by atoms with Crippen LogP contribution in [0.15, 0.2) is 36.5 Å². The molecule has 0 saturated carbocycles. The number of aromatic amines is 1. The molecule has 1 N–H and O–H groups in total. The second-order valence-corrected chi connectivity index (χ2v) is 8.52. The fourth-order valence-corrected chi connectivity index (χ4v) is 4.98. The Hall–Kier alpha value is -2.34. The number of hydrogen-bond donors (Lipinski definition) is 1. The van der Waals surface area contributed by atoms with Crippen molar-refractivity contribution >= 4 is 6.09 Å². The number of benzene rings is 1. The zero-order valence-electron chi connectivity index (χ0n) is 18.1. The Labute approximate surface area is 179 Å². The van der Waals surface area contributed by atoms with Crippen LogP contribution in [-0.4, -0.2) is 64.9 Å². The number of aromatic nitrogens is 2. The number of rotatable bonds is 6. The van der Waals surface area contributed by atoms with E-state index in [9.17, 15) is 4.79 Å². The highest BCUT2D eigenvalue weighted by atomic mass is 16.6. The molecule has 1 aromatic heterocycles. The molecule has 6 heteroatoms. The first-order valence-electron chi connectivity index (χ1n) is 11.5. The molecule has 4 rings (SSSR count). The van der Waals surface area contributed by atoms with Gasteiger partial charge in [0.15, 0.2) is 0 Å². The van der Waals surface area contributed by atoms with Crippen molar-refractivity contribution < 1.29 is 9.53 Å². The number of aryl methyl sites for hydroxylation is 2. The van der Waals surface area contributed by atoms with Crippen LogP contribution in [0.1, 0.15) is 55.3 Å². The highest BCUT2D eigenvalue weighted by Gasteiger charge is 2.31. The number of likely N-dealkylation sites (tertiary alicyclic amines) is 2. The van der Waals surface area contributed by atoms with E-state index in [1.165, 1.54) is 29.7 Å². The topological polar surface area (TPSA) is 61.5 Å². The Morgan fingerprint density at radius 2 is 1.80 bits per heavy atom. The summed E-state index contributed by atoms with van der Waals surface area (Å²) >= 11 is 0. The van der Waals surface area contributed by atoms with Crippen molar-refractivity contribution in [1.29, 1.82) is 0 Å². The van der Waals surface area contributed by atoms with Crippen LogP contribution in [0.4, 0.5) is 4.79 Å². The van der Waals surface area contributed by atoms with Crippen LogP contribution in [0.3, 0.4) is 0 Å². The summed E-state index contributed by atoms with van der Waals surface area (Å²) in [5, 5.41) is 7.68. The molecule has 2 saturated heterocycles. The van der Waals surface area contributed by atoms with Gasteiger partial charge in [-0.25, -0.2) is 4.79 Å². The third kappa shape index (κ3) is 5.04. The minimum absolute atomic E-state index is 0.156. The largest absolute Gasteiger partial charge is 0.450 e. The summed E-state index contributed by atoms with van der Waals surface area (Å²) in [4.78, 5) is 16.4.